The van der Waals surface area contributed by atoms with Gasteiger partial charge in [0.25, 0.3) is 0 Å². The molecule has 0 heterocycles. The summed E-state index contributed by atoms with van der Waals surface area (Å²) in [6.07, 6.45) is 5.26. The summed E-state index contributed by atoms with van der Waals surface area (Å²) in [7, 11) is 0. The lowest BCUT2D eigenvalue weighted by molar-refractivity contribution is 0.473. The smallest absolute Gasteiger partial charge is 0.133 e. The first kappa shape index (κ1) is 14.7. The molecule has 1 aromatic rings. The lowest BCUT2D eigenvalue weighted by atomic mass is 10.1. The predicted molar refractivity (Wildman–Crippen MR) is 78.6 cm³/mol. The number of nitrogens with zero attached hydrogens (tertiary/aromatic N) is 2. The van der Waals surface area contributed by atoms with E-state index in [2.05, 4.69) is 23.8 Å². The van der Waals surface area contributed by atoms with Gasteiger partial charge in [-0.15, -0.1) is 0 Å². The average Bonchev–Trinajstić information content (AvgIpc) is 2.35. The minimum atomic E-state index is 0.180. The highest BCUT2D eigenvalue weighted by Crippen LogP contribution is 2.24. The van der Waals surface area contributed by atoms with Gasteiger partial charge in [0.2, 0.25) is 0 Å². The number of phenolic OH excluding ortho intramolecular Hbond substituents is 1. The second-order valence-electron chi connectivity index (χ2n) is 4.00. The summed E-state index contributed by atoms with van der Waals surface area (Å²) in [6, 6.07) is 3.40. The molecule has 0 saturated heterocycles. The zero-order chi connectivity index (χ0) is 13.4. The first-order valence-corrected chi connectivity index (χ1v) is 6.59. The van der Waals surface area contributed by atoms with Crippen LogP contribution in [0.1, 0.15) is 37.8 Å². The molecule has 3 nitrogen and oxygen atoms in total. The Bertz CT molecular complexity index is 404. The van der Waals surface area contributed by atoms with Crippen LogP contribution in [0.25, 0.3) is 0 Å². The molecule has 1 rings (SSSR count). The molecular formula is C14H19ClN2O. The van der Waals surface area contributed by atoms with Gasteiger partial charge in [0.15, 0.2) is 0 Å². The molecule has 0 aromatic heterocycles. The largest absolute Gasteiger partial charge is 0.507 e. The highest BCUT2D eigenvalue weighted by molar-refractivity contribution is 6.31. The van der Waals surface area contributed by atoms with Crippen LogP contribution in [0.4, 0.5) is 0 Å². The number of aromatic hydroxyl groups is 1. The Morgan fingerprint density at radius 3 is 1.89 bits per heavy atom. The first-order valence-electron chi connectivity index (χ1n) is 6.21. The molecule has 0 saturated carbocycles. The van der Waals surface area contributed by atoms with Gasteiger partial charge in [0.05, 0.1) is 0 Å². The van der Waals surface area contributed by atoms with Crippen LogP contribution in [-0.4, -0.2) is 30.6 Å². The molecule has 0 unspecified atom stereocenters. The molecule has 1 N–H and O–H groups in total. The Labute approximate surface area is 113 Å². The lowest BCUT2D eigenvalue weighted by Crippen LogP contribution is -1.91. The van der Waals surface area contributed by atoms with Gasteiger partial charge in [0.1, 0.15) is 5.75 Å². The number of benzene rings is 1. The van der Waals surface area contributed by atoms with Crippen molar-refractivity contribution in [3.8, 4) is 5.75 Å². The highest BCUT2D eigenvalue weighted by atomic mass is 35.5. The summed E-state index contributed by atoms with van der Waals surface area (Å²) in [5.41, 5.74) is 1.27. The van der Waals surface area contributed by atoms with Crippen LogP contribution in [0.2, 0.25) is 5.02 Å². The molecule has 0 fully saturated rings. The SMILES string of the molecule is CCCN=Cc1cc(Cl)cc(C=NCCC)c1O. The van der Waals surface area contributed by atoms with E-state index < -0.39 is 0 Å². The summed E-state index contributed by atoms with van der Waals surface area (Å²) in [5, 5.41) is 10.6. The van der Waals surface area contributed by atoms with Crippen molar-refractivity contribution < 1.29 is 5.11 Å². The Morgan fingerprint density at radius 2 is 1.50 bits per heavy atom. The molecule has 0 bridgehead atoms. The summed E-state index contributed by atoms with van der Waals surface area (Å²) < 4.78 is 0. The number of phenols is 1. The molecule has 0 aliphatic rings. The Balaban J connectivity index is 2.98. The van der Waals surface area contributed by atoms with Gasteiger partial charge in [-0.2, -0.15) is 0 Å². The van der Waals surface area contributed by atoms with Crippen molar-refractivity contribution in [1.29, 1.82) is 0 Å². The zero-order valence-corrected chi connectivity index (χ0v) is 11.6. The summed E-state index contributed by atoms with van der Waals surface area (Å²) in [4.78, 5) is 8.42. The van der Waals surface area contributed by atoms with Crippen LogP contribution in [0.3, 0.4) is 0 Å². The van der Waals surface area contributed by atoms with Crippen molar-refractivity contribution in [3.63, 3.8) is 0 Å². The Hall–Kier alpha value is -1.35. The second-order valence-corrected chi connectivity index (χ2v) is 4.44. The molecule has 0 radical (unpaired) electrons. The third-order valence-corrected chi connectivity index (χ3v) is 2.52. The van der Waals surface area contributed by atoms with E-state index in [9.17, 15) is 5.11 Å². The third-order valence-electron chi connectivity index (χ3n) is 2.30. The maximum Gasteiger partial charge on any atom is 0.133 e. The van der Waals surface area contributed by atoms with Crippen molar-refractivity contribution in [2.24, 2.45) is 9.98 Å². The van der Waals surface area contributed by atoms with Crippen molar-refractivity contribution in [3.05, 3.63) is 28.3 Å². The van der Waals surface area contributed by atoms with Gasteiger partial charge in [-0.05, 0) is 25.0 Å². The molecule has 4 heteroatoms. The van der Waals surface area contributed by atoms with E-state index in [1.54, 1.807) is 24.6 Å². The third kappa shape index (κ3) is 4.49. The number of aliphatic imine (C=N–C) groups is 2. The zero-order valence-electron chi connectivity index (χ0n) is 10.9. The number of hydrogen-bond donors (Lipinski definition) is 1. The Kier molecular flexibility index (Phi) is 6.44. The number of hydrogen-bond acceptors (Lipinski definition) is 3. The number of halogens is 1. The fourth-order valence-corrected chi connectivity index (χ4v) is 1.66. The van der Waals surface area contributed by atoms with Gasteiger partial charge >= 0.3 is 0 Å². The standard InChI is InChI=1S/C14H19ClN2O/c1-3-5-16-9-11-7-13(15)8-12(14(11)18)10-17-6-4-2/h7-10,18H,3-6H2,1-2H3. The normalized spacial score (nSPS) is 11.7. The van der Waals surface area contributed by atoms with Crippen LogP contribution in [-0.2, 0) is 0 Å². The van der Waals surface area contributed by atoms with Gasteiger partial charge in [0, 0.05) is 41.7 Å². The molecule has 18 heavy (non-hydrogen) atoms. The van der Waals surface area contributed by atoms with Gasteiger partial charge in [-0.1, -0.05) is 25.4 Å². The molecule has 98 valence electrons. The maximum atomic E-state index is 10.1. The van der Waals surface area contributed by atoms with E-state index in [1.165, 1.54) is 0 Å². The quantitative estimate of drug-likeness (QED) is 0.784. The Morgan fingerprint density at radius 1 is 1.06 bits per heavy atom. The first-order chi connectivity index (χ1) is 8.69. The summed E-state index contributed by atoms with van der Waals surface area (Å²) in [6.45, 7) is 5.59. The summed E-state index contributed by atoms with van der Waals surface area (Å²) in [5.74, 6) is 0.180. The van der Waals surface area contributed by atoms with E-state index in [0.717, 1.165) is 25.9 Å². The molecule has 0 aliphatic heterocycles. The predicted octanol–water partition coefficient (Wildman–Crippen LogP) is 3.70. The van der Waals surface area contributed by atoms with E-state index in [-0.39, 0.29) is 5.75 Å². The van der Waals surface area contributed by atoms with Gasteiger partial charge in [-0.3, -0.25) is 9.98 Å². The van der Waals surface area contributed by atoms with Crippen LogP contribution >= 0.6 is 11.6 Å². The minimum absolute atomic E-state index is 0.180. The number of rotatable bonds is 6. The van der Waals surface area contributed by atoms with Crippen molar-refractivity contribution in [2.75, 3.05) is 13.1 Å². The fraction of sp³-hybridized carbons (Fsp3) is 0.429. The van der Waals surface area contributed by atoms with Crippen LogP contribution < -0.4 is 0 Å². The molecule has 0 amide bonds. The van der Waals surface area contributed by atoms with E-state index >= 15 is 0 Å². The van der Waals surface area contributed by atoms with Crippen molar-refractivity contribution in [1.82, 2.24) is 0 Å². The molecule has 0 atom stereocenters. The molecule has 0 aliphatic carbocycles. The van der Waals surface area contributed by atoms with E-state index in [4.69, 9.17) is 11.6 Å². The fourth-order valence-electron chi connectivity index (χ4n) is 1.42. The summed E-state index contributed by atoms with van der Waals surface area (Å²) >= 11 is 6.01. The topological polar surface area (TPSA) is 45.0 Å². The van der Waals surface area contributed by atoms with Gasteiger partial charge < -0.3 is 5.11 Å². The highest BCUT2D eigenvalue weighted by Gasteiger charge is 2.06. The van der Waals surface area contributed by atoms with E-state index in [0.29, 0.717) is 16.1 Å². The van der Waals surface area contributed by atoms with Gasteiger partial charge in [-0.25, -0.2) is 0 Å². The van der Waals surface area contributed by atoms with Crippen LogP contribution in [0.5, 0.6) is 5.75 Å². The molecule has 1 aromatic carbocycles. The van der Waals surface area contributed by atoms with Crippen molar-refractivity contribution in [2.45, 2.75) is 26.7 Å². The second kappa shape index (κ2) is 7.88. The van der Waals surface area contributed by atoms with Crippen LogP contribution in [0.15, 0.2) is 22.1 Å². The van der Waals surface area contributed by atoms with Crippen LogP contribution in [0, 0.1) is 0 Å². The maximum absolute atomic E-state index is 10.1. The molecule has 0 spiro atoms. The average molecular weight is 267 g/mol. The van der Waals surface area contributed by atoms with E-state index in [1.807, 2.05) is 0 Å². The van der Waals surface area contributed by atoms with Crippen molar-refractivity contribution >= 4 is 24.0 Å². The molecular weight excluding hydrogens is 248 g/mol. The lowest BCUT2D eigenvalue weighted by Gasteiger charge is -2.04. The monoisotopic (exact) mass is 266 g/mol. The minimum Gasteiger partial charge on any atom is -0.507 e.